The number of para-hydroxylation sites is 2. The van der Waals surface area contributed by atoms with Crippen LogP contribution in [0, 0.1) is 0 Å². The number of nitrogens with zero attached hydrogens (tertiary/aromatic N) is 2. The number of hydrogen-bond donors (Lipinski definition) is 0. The zero-order valence-electron chi connectivity index (χ0n) is 20.2. The van der Waals surface area contributed by atoms with Gasteiger partial charge in [-0.15, -0.1) is 0 Å². The fraction of sp³-hybridized carbons (Fsp3) is 0.433. The molecule has 0 unspecified atom stereocenters. The fourth-order valence-corrected chi connectivity index (χ4v) is 8.57. The number of rotatable bonds is 4. The van der Waals surface area contributed by atoms with Crippen molar-refractivity contribution in [3.8, 4) is 0 Å². The van der Waals surface area contributed by atoms with Gasteiger partial charge in [0, 0.05) is 35.9 Å². The maximum atomic E-state index is 2.66. The minimum atomic E-state index is 0.639. The molecule has 0 spiro atoms. The zero-order chi connectivity index (χ0) is 22.9. The van der Waals surface area contributed by atoms with E-state index >= 15 is 0 Å². The third-order valence-corrected chi connectivity index (χ3v) is 9.91. The lowest BCUT2D eigenvalue weighted by Crippen LogP contribution is -2.41. The van der Waals surface area contributed by atoms with Crippen LogP contribution in [-0.2, 0) is 0 Å². The monoisotopic (exact) mass is 487 g/mol. The Balaban J connectivity index is 1.37. The number of aromatic nitrogens is 1. The number of fused-ring (bicyclic) bond motifs is 2. The number of thioether (sulfide) groups is 1. The van der Waals surface area contributed by atoms with Crippen LogP contribution in [0.4, 0.5) is 5.69 Å². The van der Waals surface area contributed by atoms with Crippen LogP contribution < -0.4 is 9.47 Å². The lowest BCUT2D eigenvalue weighted by atomic mass is 9.94. The van der Waals surface area contributed by atoms with Crippen LogP contribution in [0.3, 0.4) is 0 Å². The van der Waals surface area contributed by atoms with Crippen molar-refractivity contribution in [1.82, 2.24) is 0 Å². The molecule has 34 heavy (non-hydrogen) atoms. The van der Waals surface area contributed by atoms with Gasteiger partial charge < -0.3 is 4.90 Å². The van der Waals surface area contributed by atoms with E-state index in [4.69, 9.17) is 0 Å². The van der Waals surface area contributed by atoms with Crippen molar-refractivity contribution in [1.29, 1.82) is 0 Å². The van der Waals surface area contributed by atoms with Gasteiger partial charge in [0.1, 0.15) is 4.70 Å². The van der Waals surface area contributed by atoms with Gasteiger partial charge in [0.25, 0.3) is 5.01 Å². The number of benzene rings is 2. The number of hydrogen-bond acceptors (Lipinski definition) is 3. The average molecular weight is 488 g/mol. The van der Waals surface area contributed by atoms with Crippen LogP contribution in [-0.4, -0.2) is 6.04 Å². The van der Waals surface area contributed by atoms with E-state index in [1.54, 1.807) is 0 Å². The molecule has 1 aliphatic heterocycles. The first-order valence-electron chi connectivity index (χ1n) is 13.2. The van der Waals surface area contributed by atoms with Crippen molar-refractivity contribution < 1.29 is 4.57 Å². The summed E-state index contributed by atoms with van der Waals surface area (Å²) in [6.07, 6.45) is 18.4. The smallest absolute Gasteiger partial charge is 0.263 e. The highest BCUT2D eigenvalue weighted by Gasteiger charge is 2.32. The number of thiazole rings is 1. The molecule has 2 heterocycles. The van der Waals surface area contributed by atoms with Crippen molar-refractivity contribution in [3.63, 3.8) is 0 Å². The lowest BCUT2D eigenvalue weighted by molar-refractivity contribution is -0.699. The van der Waals surface area contributed by atoms with Crippen LogP contribution in [0.5, 0.6) is 0 Å². The van der Waals surface area contributed by atoms with Crippen molar-refractivity contribution in [3.05, 3.63) is 70.2 Å². The van der Waals surface area contributed by atoms with Crippen LogP contribution in [0.1, 0.15) is 82.2 Å². The summed E-state index contributed by atoms with van der Waals surface area (Å²) in [7, 11) is 0. The third kappa shape index (κ3) is 4.35. The van der Waals surface area contributed by atoms with E-state index in [-0.39, 0.29) is 0 Å². The molecule has 2 saturated carbocycles. The van der Waals surface area contributed by atoms with E-state index in [1.807, 2.05) is 23.1 Å². The molecule has 0 N–H and O–H groups in total. The summed E-state index contributed by atoms with van der Waals surface area (Å²) in [6, 6.07) is 19.3. The quantitative estimate of drug-likeness (QED) is 0.339. The molecule has 0 radical (unpaired) electrons. The van der Waals surface area contributed by atoms with E-state index < -0.39 is 0 Å². The molecule has 4 heteroatoms. The first-order valence-corrected chi connectivity index (χ1v) is 14.8. The lowest BCUT2D eigenvalue weighted by Gasteiger charge is -2.33. The molecule has 0 amide bonds. The van der Waals surface area contributed by atoms with E-state index in [1.165, 1.54) is 101 Å². The van der Waals surface area contributed by atoms with Crippen molar-refractivity contribution in [2.75, 3.05) is 4.90 Å². The summed E-state index contributed by atoms with van der Waals surface area (Å²) in [5.41, 5.74) is 4.18. The molecule has 3 aliphatic rings. The molecule has 176 valence electrons. The van der Waals surface area contributed by atoms with E-state index in [2.05, 4.69) is 77.1 Å². The van der Waals surface area contributed by atoms with Gasteiger partial charge in [-0.3, -0.25) is 0 Å². The molecule has 2 nitrogen and oxygen atoms in total. The van der Waals surface area contributed by atoms with Crippen LogP contribution in [0.25, 0.3) is 16.3 Å². The van der Waals surface area contributed by atoms with Gasteiger partial charge in [0.05, 0.1) is 10.7 Å². The van der Waals surface area contributed by atoms with Crippen molar-refractivity contribution in [2.45, 2.75) is 88.1 Å². The molecular formula is C30H35N2S2+. The van der Waals surface area contributed by atoms with Crippen molar-refractivity contribution in [2.24, 2.45) is 0 Å². The molecule has 2 aromatic carbocycles. The maximum Gasteiger partial charge on any atom is 0.263 e. The van der Waals surface area contributed by atoms with E-state index in [9.17, 15) is 0 Å². The topological polar surface area (TPSA) is 7.12 Å². The summed E-state index contributed by atoms with van der Waals surface area (Å²) in [6.45, 7) is 2.30. The molecule has 2 aliphatic carbocycles. The minimum Gasteiger partial charge on any atom is -0.332 e. The maximum absolute atomic E-state index is 2.66. The van der Waals surface area contributed by atoms with Crippen LogP contribution >= 0.6 is 23.1 Å². The molecule has 6 rings (SSSR count). The Hall–Kier alpha value is -2.04. The molecule has 0 atom stereocenters. The molecule has 0 saturated heterocycles. The van der Waals surface area contributed by atoms with Gasteiger partial charge in [-0.05, 0) is 62.5 Å². The largest absolute Gasteiger partial charge is 0.332 e. The number of anilines is 1. The summed E-state index contributed by atoms with van der Waals surface area (Å²) >= 11 is 3.91. The molecule has 0 bridgehead atoms. The molecule has 2 fully saturated rings. The third-order valence-electron chi connectivity index (χ3n) is 7.74. The Morgan fingerprint density at radius 1 is 0.882 bits per heavy atom. The van der Waals surface area contributed by atoms with Gasteiger partial charge in [0.2, 0.25) is 5.52 Å². The second-order valence-electron chi connectivity index (χ2n) is 10.2. The standard InChI is InChI=1S/C30H35N2S2/c1-22(20-29-31(23-12-4-2-5-13-23)25-16-8-10-18-27(25)33-29)21-30-32(24-14-6-3-7-15-24)26-17-9-11-19-28(26)34-30/h8-11,16-21,23-24H,2-7,12-15H2,1H3/q+1. The summed E-state index contributed by atoms with van der Waals surface area (Å²) in [5.74, 6) is 0. The second-order valence-corrected chi connectivity index (χ2v) is 12.3. The van der Waals surface area contributed by atoms with Crippen molar-refractivity contribution >= 4 is 45.1 Å². The van der Waals surface area contributed by atoms with Gasteiger partial charge >= 0.3 is 0 Å². The molecule has 1 aromatic heterocycles. The van der Waals surface area contributed by atoms with Crippen LogP contribution in [0.15, 0.2) is 70.1 Å². The second kappa shape index (κ2) is 9.91. The Bertz CT molecular complexity index is 1230. The van der Waals surface area contributed by atoms with Gasteiger partial charge in [0.15, 0.2) is 6.04 Å². The molecule has 3 aromatic rings. The minimum absolute atomic E-state index is 0.639. The summed E-state index contributed by atoms with van der Waals surface area (Å²) in [4.78, 5) is 4.07. The highest BCUT2D eigenvalue weighted by Crippen LogP contribution is 2.49. The predicted octanol–water partition coefficient (Wildman–Crippen LogP) is 8.88. The first kappa shape index (κ1) is 22.4. The Morgan fingerprint density at radius 3 is 2.41 bits per heavy atom. The Morgan fingerprint density at radius 2 is 1.59 bits per heavy atom. The first-order chi connectivity index (χ1) is 16.8. The highest BCUT2D eigenvalue weighted by atomic mass is 32.2. The Kier molecular flexibility index (Phi) is 6.54. The van der Waals surface area contributed by atoms with E-state index in [0.717, 1.165) is 0 Å². The Labute approximate surface area is 212 Å². The average Bonchev–Trinajstić information content (AvgIpc) is 3.42. The van der Waals surface area contributed by atoms with Gasteiger partial charge in [-0.1, -0.05) is 73.0 Å². The predicted molar refractivity (Wildman–Crippen MR) is 148 cm³/mol. The zero-order valence-corrected chi connectivity index (χ0v) is 21.8. The van der Waals surface area contributed by atoms with Crippen LogP contribution in [0.2, 0.25) is 0 Å². The summed E-state index contributed by atoms with van der Waals surface area (Å²) in [5, 5.41) is 2.82. The highest BCUT2D eigenvalue weighted by molar-refractivity contribution is 8.03. The SMILES string of the molecule is CC(=Cc1sc2ccccc2[n+]1C1CCCCC1)C=C1Sc2ccccc2N1C1CCCCC1. The normalized spacial score (nSPS) is 21.5. The number of allylic oxidation sites excluding steroid dienone is 2. The van der Waals surface area contributed by atoms with E-state index in [0.29, 0.717) is 12.1 Å². The summed E-state index contributed by atoms with van der Waals surface area (Å²) < 4.78 is 4.07. The van der Waals surface area contributed by atoms with Gasteiger partial charge in [-0.25, -0.2) is 0 Å². The van der Waals surface area contributed by atoms with Gasteiger partial charge in [-0.2, -0.15) is 4.57 Å². The fourth-order valence-electron chi connectivity index (χ4n) is 6.11. The molecular weight excluding hydrogens is 452 g/mol.